The second-order valence-electron chi connectivity index (χ2n) is 15.9. The van der Waals surface area contributed by atoms with Gasteiger partial charge in [0.1, 0.15) is 5.52 Å². The number of carbonyl (C=O) groups is 4. The number of methoxy groups -OCH3 is 1. The highest BCUT2D eigenvalue weighted by molar-refractivity contribution is 6.33. The van der Waals surface area contributed by atoms with Crippen LogP contribution in [0.3, 0.4) is 0 Å². The van der Waals surface area contributed by atoms with Crippen molar-refractivity contribution < 1.29 is 46.6 Å². The third-order valence-corrected chi connectivity index (χ3v) is 13.3. The number of para-hydroxylation sites is 2. The largest absolute Gasteiger partial charge is 0.504 e. The minimum atomic E-state index is -4.77. The van der Waals surface area contributed by atoms with E-state index in [2.05, 4.69) is 15.4 Å². The predicted octanol–water partition coefficient (Wildman–Crippen LogP) is 9.12. The quantitative estimate of drug-likeness (QED) is 0.117. The summed E-state index contributed by atoms with van der Waals surface area (Å²) in [7, 11) is 1.36. The van der Waals surface area contributed by atoms with Gasteiger partial charge < -0.3 is 14.3 Å². The number of fused-ring (bicyclic) bond motifs is 5. The van der Waals surface area contributed by atoms with Gasteiger partial charge >= 0.3 is 6.18 Å². The number of imide groups is 2. The van der Waals surface area contributed by atoms with Crippen molar-refractivity contribution in [2.45, 2.75) is 30.4 Å². The summed E-state index contributed by atoms with van der Waals surface area (Å²) in [6.07, 6.45) is -2.34. The van der Waals surface area contributed by atoms with Crippen molar-refractivity contribution in [3.8, 4) is 23.0 Å². The van der Waals surface area contributed by atoms with E-state index in [0.717, 1.165) is 4.90 Å². The molecule has 0 bridgehead atoms. The molecule has 4 heterocycles. The molecule has 6 unspecified atom stereocenters. The van der Waals surface area contributed by atoms with Crippen LogP contribution in [0.15, 0.2) is 119 Å². The van der Waals surface area contributed by atoms with Gasteiger partial charge in [0.25, 0.3) is 11.8 Å². The Labute approximate surface area is 365 Å². The monoisotopic (exact) mass is 893 g/mol. The summed E-state index contributed by atoms with van der Waals surface area (Å²) in [5, 5.41) is 11.3. The maximum absolute atomic E-state index is 15.5. The normalized spacial score (nSPS) is 24.3. The van der Waals surface area contributed by atoms with E-state index in [0.29, 0.717) is 67.2 Å². The Hall–Kier alpha value is -6.71. The molecule has 10 rings (SSSR count). The molecule has 17 heteroatoms. The minimum absolute atomic E-state index is 0.0683. The van der Waals surface area contributed by atoms with Crippen LogP contribution < -0.4 is 15.1 Å². The van der Waals surface area contributed by atoms with Gasteiger partial charge in [0.15, 0.2) is 22.9 Å². The third kappa shape index (κ3) is 6.19. The first-order valence-corrected chi connectivity index (χ1v) is 20.5. The lowest BCUT2D eigenvalue weighted by molar-refractivity contribution is -0.139. The zero-order valence-electron chi connectivity index (χ0n) is 32.8. The zero-order valence-corrected chi connectivity index (χ0v) is 34.3. The van der Waals surface area contributed by atoms with Crippen molar-refractivity contribution in [3.63, 3.8) is 0 Å². The van der Waals surface area contributed by atoms with E-state index in [1.807, 2.05) is 24.3 Å². The van der Waals surface area contributed by atoms with Gasteiger partial charge in [-0.15, -0.1) is 0 Å². The summed E-state index contributed by atoms with van der Waals surface area (Å²) in [4.78, 5) is 69.2. The Kier molecular flexibility index (Phi) is 9.42. The molecule has 2 aliphatic carbocycles. The Balaban J connectivity index is 1.08. The van der Waals surface area contributed by atoms with Crippen LogP contribution in [0.5, 0.6) is 11.5 Å². The minimum Gasteiger partial charge on any atom is -0.504 e. The number of rotatable bonds is 7. The molecule has 63 heavy (non-hydrogen) atoms. The molecule has 2 saturated heterocycles. The Morgan fingerprint density at radius 3 is 2.35 bits per heavy atom. The zero-order chi connectivity index (χ0) is 44.1. The first-order valence-electron chi connectivity index (χ1n) is 19.7. The summed E-state index contributed by atoms with van der Waals surface area (Å²) in [5.74, 6) is -7.38. The Bertz CT molecular complexity index is 2910. The van der Waals surface area contributed by atoms with E-state index in [4.69, 9.17) is 32.4 Å². The molecule has 1 saturated carbocycles. The van der Waals surface area contributed by atoms with E-state index in [-0.39, 0.29) is 30.2 Å². The van der Waals surface area contributed by atoms with Gasteiger partial charge in [-0.3, -0.25) is 29.5 Å². The number of hydrazine groups is 1. The predicted molar refractivity (Wildman–Crippen MR) is 223 cm³/mol. The molecule has 2 aliphatic heterocycles. The number of benzene rings is 4. The number of oxazole rings is 1. The number of aromatic hydroxyl groups is 1. The van der Waals surface area contributed by atoms with Crippen LogP contribution >= 0.6 is 23.2 Å². The molecule has 318 valence electrons. The van der Waals surface area contributed by atoms with Crippen molar-refractivity contribution in [1.29, 1.82) is 0 Å². The molecule has 0 spiro atoms. The standard InChI is InChI=1S/C46H32Cl2F3N5O7/c1-62-36-18-23(8-17-34(36)57)38-28-15-16-29-37(43(60)55(41(29)58)27-13-6-22(7-14-27)40-53-33-4-2-3-5-35(33)63-40)30(28)20-31-42(59)56(44(61)45(31,38)24-9-11-26(47)12-10-24)54-39-32(48)19-25(21-52-39)46(49,50)51/h2-15,17-19,21,29-31,37-38,57H,16,20H2,1H3,(H,52,54). The number of phenolic OH excluding ortho intramolecular Hbond substituents is 1. The lowest BCUT2D eigenvalue weighted by Gasteiger charge is -2.50. The lowest BCUT2D eigenvalue weighted by atomic mass is 9.49. The molecule has 6 atom stereocenters. The number of hydrogen-bond acceptors (Lipinski definition) is 10. The smallest absolute Gasteiger partial charge is 0.417 e. The number of pyridine rings is 1. The van der Waals surface area contributed by atoms with Crippen molar-refractivity contribution in [3.05, 3.63) is 142 Å². The molecule has 6 aromatic rings. The number of nitrogens with zero attached hydrogens (tertiary/aromatic N) is 4. The van der Waals surface area contributed by atoms with Gasteiger partial charge in [-0.1, -0.05) is 65.2 Å². The second kappa shape index (κ2) is 14.7. The molecular formula is C46H32Cl2F3N5O7. The number of amides is 4. The van der Waals surface area contributed by atoms with E-state index in [1.165, 1.54) is 13.2 Å². The number of aromatic nitrogens is 2. The summed E-state index contributed by atoms with van der Waals surface area (Å²) < 4.78 is 52.1. The molecular weight excluding hydrogens is 862 g/mol. The average molecular weight is 895 g/mol. The number of ether oxygens (including phenoxy) is 1. The summed E-state index contributed by atoms with van der Waals surface area (Å²) in [5.41, 5.74) is 3.36. The van der Waals surface area contributed by atoms with Crippen molar-refractivity contribution >= 4 is 69.4 Å². The van der Waals surface area contributed by atoms with Gasteiger partial charge in [0.05, 0.1) is 46.6 Å². The van der Waals surface area contributed by atoms with Crippen LogP contribution in [0.1, 0.15) is 35.4 Å². The molecule has 4 aromatic carbocycles. The number of alkyl halides is 3. The second-order valence-corrected chi connectivity index (χ2v) is 16.7. The average Bonchev–Trinajstić information content (AvgIpc) is 3.89. The van der Waals surface area contributed by atoms with Crippen LogP contribution in [-0.2, 0) is 30.8 Å². The summed E-state index contributed by atoms with van der Waals surface area (Å²) >= 11 is 12.7. The van der Waals surface area contributed by atoms with Crippen LogP contribution in [0, 0.1) is 23.7 Å². The van der Waals surface area contributed by atoms with Crippen LogP contribution in [0.25, 0.3) is 22.6 Å². The van der Waals surface area contributed by atoms with Gasteiger partial charge in [-0.25, -0.2) is 9.97 Å². The topological polar surface area (TPSA) is 155 Å². The first-order chi connectivity index (χ1) is 30.2. The number of hydrogen-bond donors (Lipinski definition) is 2. The number of nitrogens with one attached hydrogen (secondary N) is 1. The van der Waals surface area contributed by atoms with E-state index < -0.39 is 75.4 Å². The van der Waals surface area contributed by atoms with Crippen LogP contribution in [-0.4, -0.2) is 50.8 Å². The number of halogens is 5. The van der Waals surface area contributed by atoms with Gasteiger partial charge in [-0.2, -0.15) is 18.2 Å². The van der Waals surface area contributed by atoms with Gasteiger partial charge in [-0.05, 0) is 96.6 Å². The fraction of sp³-hybridized carbons (Fsp3) is 0.217. The Morgan fingerprint density at radius 1 is 0.905 bits per heavy atom. The lowest BCUT2D eigenvalue weighted by Crippen LogP contribution is -2.53. The fourth-order valence-corrected chi connectivity index (χ4v) is 10.4. The third-order valence-electron chi connectivity index (χ3n) is 12.8. The molecule has 4 aliphatic rings. The molecule has 0 radical (unpaired) electrons. The highest BCUT2D eigenvalue weighted by Gasteiger charge is 2.70. The molecule has 4 amide bonds. The maximum atomic E-state index is 15.5. The van der Waals surface area contributed by atoms with Crippen molar-refractivity contribution in [2.75, 3.05) is 17.4 Å². The fourth-order valence-electron chi connectivity index (χ4n) is 10.0. The molecule has 2 aromatic heterocycles. The van der Waals surface area contributed by atoms with Crippen LogP contribution in [0.4, 0.5) is 24.7 Å². The van der Waals surface area contributed by atoms with E-state index in [9.17, 15) is 27.9 Å². The molecule has 3 fully saturated rings. The van der Waals surface area contributed by atoms with Crippen molar-refractivity contribution in [1.82, 2.24) is 15.0 Å². The summed E-state index contributed by atoms with van der Waals surface area (Å²) in [6.45, 7) is 0. The van der Waals surface area contributed by atoms with Gasteiger partial charge in [0, 0.05) is 22.7 Å². The molecule has 12 nitrogen and oxygen atoms in total. The highest BCUT2D eigenvalue weighted by Crippen LogP contribution is 2.64. The Morgan fingerprint density at radius 2 is 1.65 bits per heavy atom. The van der Waals surface area contributed by atoms with Gasteiger partial charge in [0.2, 0.25) is 17.7 Å². The SMILES string of the molecule is COc1cc(C2C3=CCC4C(=O)N(c5ccc(-c6nc7ccccc7o6)cc5)C(=O)C4C3CC3C(=O)N(Nc4ncc(C(F)(F)F)cc4Cl)C(=O)C32c2ccc(Cl)cc2)ccc1O. The maximum Gasteiger partial charge on any atom is 0.417 e. The summed E-state index contributed by atoms with van der Waals surface area (Å²) in [6, 6.07) is 25.6. The van der Waals surface area contributed by atoms with E-state index in [1.54, 1.807) is 66.7 Å². The number of carbonyl (C=O) groups excluding carboxylic acids is 4. The van der Waals surface area contributed by atoms with Crippen molar-refractivity contribution in [2.24, 2.45) is 23.7 Å². The van der Waals surface area contributed by atoms with Crippen LogP contribution in [0.2, 0.25) is 10.0 Å². The first kappa shape index (κ1) is 40.4. The molecule has 2 N–H and O–H groups in total. The van der Waals surface area contributed by atoms with E-state index >= 15 is 9.59 Å². The number of anilines is 2. The highest BCUT2D eigenvalue weighted by atomic mass is 35.5. The number of phenols is 1. The number of allylic oxidation sites excluding steroid dienone is 2.